The average Bonchev–Trinajstić information content (AvgIpc) is 2.00. The van der Waals surface area contributed by atoms with Crippen molar-refractivity contribution in [2.75, 3.05) is 12.4 Å². The van der Waals surface area contributed by atoms with Gasteiger partial charge in [-0.2, -0.15) is 8.78 Å². The van der Waals surface area contributed by atoms with E-state index in [2.05, 4.69) is 4.74 Å². The number of carbonyl (C=O) groups is 1. The minimum atomic E-state index is -3.62. The zero-order valence-corrected chi connectivity index (χ0v) is 7.92. The van der Waals surface area contributed by atoms with Crippen LogP contribution < -0.4 is 0 Å². The Kier molecular flexibility index (Phi) is 5.41. The van der Waals surface area contributed by atoms with E-state index in [9.17, 15) is 13.6 Å². The summed E-state index contributed by atoms with van der Waals surface area (Å²) >= 11 is 0.609. The molecule has 0 radical (unpaired) electrons. The van der Waals surface area contributed by atoms with E-state index in [1.807, 2.05) is 6.92 Å². The SMILES string of the molecule is CCCSC(=O)C(F)(F)OCC. The second-order valence-electron chi connectivity index (χ2n) is 2.09. The number of hydrogen-bond acceptors (Lipinski definition) is 3. The van der Waals surface area contributed by atoms with Crippen molar-refractivity contribution in [1.29, 1.82) is 0 Å². The van der Waals surface area contributed by atoms with Crippen LogP contribution in [0.25, 0.3) is 0 Å². The van der Waals surface area contributed by atoms with Gasteiger partial charge in [-0.3, -0.25) is 4.79 Å². The lowest BCUT2D eigenvalue weighted by Gasteiger charge is -2.12. The van der Waals surface area contributed by atoms with Gasteiger partial charge in [-0.15, -0.1) is 0 Å². The summed E-state index contributed by atoms with van der Waals surface area (Å²) in [6.07, 6.45) is -2.92. The van der Waals surface area contributed by atoms with Gasteiger partial charge in [-0.25, -0.2) is 0 Å². The van der Waals surface area contributed by atoms with Crippen molar-refractivity contribution in [1.82, 2.24) is 0 Å². The molecule has 0 heterocycles. The highest BCUT2D eigenvalue weighted by Gasteiger charge is 2.39. The van der Waals surface area contributed by atoms with Crippen molar-refractivity contribution in [2.45, 2.75) is 26.4 Å². The second kappa shape index (κ2) is 5.48. The molecule has 72 valence electrons. The standard InChI is InChI=1S/C7H12F2O2S/c1-3-5-12-6(10)7(8,9)11-4-2/h3-5H2,1-2H3. The van der Waals surface area contributed by atoms with Gasteiger partial charge in [0, 0.05) is 5.75 Å². The zero-order chi connectivity index (χ0) is 9.61. The van der Waals surface area contributed by atoms with Gasteiger partial charge < -0.3 is 4.74 Å². The highest BCUT2D eigenvalue weighted by atomic mass is 32.2. The highest BCUT2D eigenvalue weighted by Crippen LogP contribution is 2.23. The smallest absolute Gasteiger partial charge is 0.314 e. The predicted molar refractivity (Wildman–Crippen MR) is 44.3 cm³/mol. The van der Waals surface area contributed by atoms with Gasteiger partial charge >= 0.3 is 6.11 Å². The van der Waals surface area contributed by atoms with E-state index in [-0.39, 0.29) is 6.61 Å². The second-order valence-corrected chi connectivity index (χ2v) is 3.15. The first kappa shape index (κ1) is 11.8. The molecular weight excluding hydrogens is 186 g/mol. The van der Waals surface area contributed by atoms with Crippen molar-refractivity contribution in [3.8, 4) is 0 Å². The zero-order valence-electron chi connectivity index (χ0n) is 7.10. The van der Waals surface area contributed by atoms with Crippen LogP contribution in [0.1, 0.15) is 20.3 Å². The Morgan fingerprint density at radius 1 is 1.50 bits per heavy atom. The van der Waals surface area contributed by atoms with Crippen LogP contribution >= 0.6 is 11.8 Å². The van der Waals surface area contributed by atoms with Crippen molar-refractivity contribution in [3.05, 3.63) is 0 Å². The van der Waals surface area contributed by atoms with E-state index in [4.69, 9.17) is 0 Å². The first-order valence-electron chi connectivity index (χ1n) is 3.73. The minimum absolute atomic E-state index is 0.161. The van der Waals surface area contributed by atoms with E-state index in [0.717, 1.165) is 0 Å². The largest absolute Gasteiger partial charge is 0.426 e. The Hall–Kier alpha value is -0.160. The number of carbonyl (C=O) groups excluding carboxylic acids is 1. The molecule has 0 aliphatic carbocycles. The molecule has 12 heavy (non-hydrogen) atoms. The van der Waals surface area contributed by atoms with Gasteiger partial charge in [0.1, 0.15) is 0 Å². The third kappa shape index (κ3) is 4.01. The lowest BCUT2D eigenvalue weighted by molar-refractivity contribution is -0.218. The quantitative estimate of drug-likeness (QED) is 0.678. The summed E-state index contributed by atoms with van der Waals surface area (Å²) in [6, 6.07) is 0. The molecular formula is C7H12F2O2S. The Labute approximate surface area is 74.7 Å². The van der Waals surface area contributed by atoms with Crippen LogP contribution in [0.4, 0.5) is 8.78 Å². The van der Waals surface area contributed by atoms with Crippen molar-refractivity contribution in [2.24, 2.45) is 0 Å². The number of thioether (sulfide) groups is 1. The molecule has 0 amide bonds. The maximum Gasteiger partial charge on any atom is 0.426 e. The Balaban J connectivity index is 3.88. The van der Waals surface area contributed by atoms with Crippen LogP contribution in [0.3, 0.4) is 0 Å². The van der Waals surface area contributed by atoms with Crippen LogP contribution in [0.5, 0.6) is 0 Å². The summed E-state index contributed by atoms with van der Waals surface area (Å²) in [4.78, 5) is 10.7. The summed E-state index contributed by atoms with van der Waals surface area (Å²) in [6.45, 7) is 3.08. The molecule has 0 aromatic carbocycles. The van der Waals surface area contributed by atoms with E-state index >= 15 is 0 Å². The van der Waals surface area contributed by atoms with Crippen molar-refractivity contribution in [3.63, 3.8) is 0 Å². The highest BCUT2D eigenvalue weighted by molar-refractivity contribution is 8.13. The van der Waals surface area contributed by atoms with Gasteiger partial charge in [-0.05, 0) is 13.3 Å². The Morgan fingerprint density at radius 3 is 2.50 bits per heavy atom. The Morgan fingerprint density at radius 2 is 2.08 bits per heavy atom. The van der Waals surface area contributed by atoms with Crippen LogP contribution in [0, 0.1) is 0 Å². The monoisotopic (exact) mass is 198 g/mol. The molecule has 2 nitrogen and oxygen atoms in total. The first-order valence-corrected chi connectivity index (χ1v) is 4.72. The predicted octanol–water partition coefficient (Wildman–Crippen LogP) is 2.29. The molecule has 0 unspecified atom stereocenters. The van der Waals surface area contributed by atoms with Crippen LogP contribution in [-0.4, -0.2) is 23.6 Å². The maximum atomic E-state index is 12.5. The van der Waals surface area contributed by atoms with Crippen LogP contribution in [0.2, 0.25) is 0 Å². The van der Waals surface area contributed by atoms with Crippen molar-refractivity contribution >= 4 is 16.9 Å². The molecule has 0 saturated heterocycles. The molecule has 0 fully saturated rings. The van der Waals surface area contributed by atoms with Crippen LogP contribution in [0.15, 0.2) is 0 Å². The fourth-order valence-electron chi connectivity index (χ4n) is 0.519. The van der Waals surface area contributed by atoms with Gasteiger partial charge in [0.15, 0.2) is 0 Å². The van der Waals surface area contributed by atoms with E-state index < -0.39 is 11.2 Å². The summed E-state index contributed by atoms with van der Waals surface area (Å²) in [5.74, 6) is 0.404. The molecule has 0 aliphatic heterocycles. The topological polar surface area (TPSA) is 26.3 Å². The van der Waals surface area contributed by atoms with E-state index in [0.29, 0.717) is 23.9 Å². The lowest BCUT2D eigenvalue weighted by atomic mass is 10.6. The summed E-state index contributed by atoms with van der Waals surface area (Å²) < 4.78 is 29.1. The molecule has 5 heteroatoms. The number of alkyl halides is 2. The molecule has 0 aliphatic rings. The van der Waals surface area contributed by atoms with Gasteiger partial charge in [-0.1, -0.05) is 18.7 Å². The summed E-state index contributed by atoms with van der Waals surface area (Å²) in [5, 5.41) is -1.20. The average molecular weight is 198 g/mol. The number of rotatable bonds is 5. The minimum Gasteiger partial charge on any atom is -0.314 e. The number of ether oxygens (including phenoxy) is 1. The summed E-state index contributed by atoms with van der Waals surface area (Å²) in [5.41, 5.74) is 0. The molecule has 0 aromatic heterocycles. The third-order valence-corrected chi connectivity index (χ3v) is 2.11. The van der Waals surface area contributed by atoms with Gasteiger partial charge in [0.05, 0.1) is 6.61 Å². The molecule has 0 bridgehead atoms. The number of halogens is 2. The fraction of sp³-hybridized carbons (Fsp3) is 0.857. The Bertz CT molecular complexity index is 150. The molecule has 0 aromatic rings. The molecule has 0 atom stereocenters. The fourth-order valence-corrected chi connectivity index (χ4v) is 1.14. The van der Waals surface area contributed by atoms with E-state index in [1.165, 1.54) is 6.92 Å². The first-order chi connectivity index (χ1) is 5.54. The van der Waals surface area contributed by atoms with Gasteiger partial charge in [0.25, 0.3) is 5.12 Å². The lowest BCUT2D eigenvalue weighted by Crippen LogP contribution is -2.29. The summed E-state index contributed by atoms with van der Waals surface area (Å²) in [7, 11) is 0. The van der Waals surface area contributed by atoms with E-state index in [1.54, 1.807) is 0 Å². The molecule has 0 N–H and O–H groups in total. The van der Waals surface area contributed by atoms with Gasteiger partial charge in [0.2, 0.25) is 0 Å². The maximum absolute atomic E-state index is 12.5. The molecule has 0 saturated carbocycles. The third-order valence-electron chi connectivity index (χ3n) is 1.00. The molecule has 0 spiro atoms. The normalized spacial score (nSPS) is 11.7. The molecule has 0 rings (SSSR count). The number of hydrogen-bond donors (Lipinski definition) is 0. The van der Waals surface area contributed by atoms with Crippen LogP contribution in [-0.2, 0) is 9.53 Å². The van der Waals surface area contributed by atoms with Crippen molar-refractivity contribution < 1.29 is 18.3 Å².